The summed E-state index contributed by atoms with van der Waals surface area (Å²) in [4.78, 5) is 2.15. The third-order valence-electron chi connectivity index (χ3n) is 6.95. The van der Waals surface area contributed by atoms with Crippen LogP contribution in [0.1, 0.15) is 55.5 Å². The van der Waals surface area contributed by atoms with Gasteiger partial charge in [0.2, 0.25) is 0 Å². The number of ether oxygens (including phenoxy) is 1. The molecule has 0 bridgehead atoms. The molecule has 5 rings (SSSR count). The summed E-state index contributed by atoms with van der Waals surface area (Å²) in [6, 6.07) is 0.704. The molecular formula is C21H25F3N4O3S. The Hall–Kier alpha value is -1.95. The molecule has 0 radical (unpaired) electrons. The number of nitrogens with zero attached hydrogens (tertiary/aromatic N) is 3. The minimum Gasteiger partial charge on any atom is -0.372 e. The van der Waals surface area contributed by atoms with Crippen LogP contribution in [0.2, 0.25) is 0 Å². The van der Waals surface area contributed by atoms with Gasteiger partial charge in [-0.1, -0.05) is 0 Å². The van der Waals surface area contributed by atoms with E-state index in [0.717, 1.165) is 21.4 Å². The minimum atomic E-state index is -3.49. The van der Waals surface area contributed by atoms with Crippen LogP contribution in [0.25, 0.3) is 0 Å². The molecule has 3 atom stereocenters. The van der Waals surface area contributed by atoms with Crippen molar-refractivity contribution in [3.8, 4) is 0 Å². The van der Waals surface area contributed by atoms with Gasteiger partial charge in [0.25, 0.3) is 10.0 Å². The molecule has 1 saturated heterocycles. The topological polar surface area (TPSA) is 90.5 Å². The summed E-state index contributed by atoms with van der Waals surface area (Å²) in [6.07, 6.45) is 3.09. The van der Waals surface area contributed by atoms with Crippen molar-refractivity contribution in [2.45, 2.75) is 68.6 Å². The summed E-state index contributed by atoms with van der Waals surface area (Å²) in [5.41, 5.74) is 7.81. The Bertz CT molecular complexity index is 1140. The average molecular weight is 471 g/mol. The Labute approximate surface area is 184 Å². The maximum absolute atomic E-state index is 14.3. The SMILES string of the molecule is CC1(S(=O)(=O)n2cc3c(n2)CN([C@@H]2CCO[C@H](c4cc(F)c(F)cc4F)[C@@H](N)C2)C3)CC1. The van der Waals surface area contributed by atoms with Crippen LogP contribution in [0.5, 0.6) is 0 Å². The predicted octanol–water partition coefficient (Wildman–Crippen LogP) is 2.59. The van der Waals surface area contributed by atoms with Crippen LogP contribution in [-0.2, 0) is 27.8 Å². The lowest BCUT2D eigenvalue weighted by molar-refractivity contribution is 0.0429. The fourth-order valence-corrected chi connectivity index (χ4v) is 6.15. The van der Waals surface area contributed by atoms with E-state index in [2.05, 4.69) is 10.00 Å². The van der Waals surface area contributed by atoms with E-state index in [1.165, 1.54) is 0 Å². The van der Waals surface area contributed by atoms with Gasteiger partial charge in [-0.3, -0.25) is 4.90 Å². The molecule has 2 fully saturated rings. The normalized spacial score (nSPS) is 27.8. The van der Waals surface area contributed by atoms with Crippen LogP contribution >= 0.6 is 0 Å². The van der Waals surface area contributed by atoms with Crippen molar-refractivity contribution in [1.29, 1.82) is 0 Å². The number of fused-ring (bicyclic) bond motifs is 1. The molecule has 11 heteroatoms. The molecule has 174 valence electrons. The lowest BCUT2D eigenvalue weighted by atomic mass is 9.96. The van der Waals surface area contributed by atoms with E-state index in [1.807, 2.05) is 0 Å². The van der Waals surface area contributed by atoms with Crippen molar-refractivity contribution in [3.05, 3.63) is 52.6 Å². The van der Waals surface area contributed by atoms with Gasteiger partial charge >= 0.3 is 0 Å². The molecule has 2 aliphatic heterocycles. The van der Waals surface area contributed by atoms with Crippen molar-refractivity contribution in [3.63, 3.8) is 0 Å². The molecule has 1 saturated carbocycles. The molecule has 2 N–H and O–H groups in total. The first kappa shape index (κ1) is 21.9. The van der Waals surface area contributed by atoms with Crippen LogP contribution in [0.15, 0.2) is 18.3 Å². The standard InChI is InChI=1S/C21H25F3N4O3S/c1-21(3-4-21)32(29,30)28-10-12-9-27(11-19(12)26-28)13-2-5-31-20(18(25)6-13)14-7-16(23)17(24)8-15(14)22/h7-8,10,13,18,20H,2-6,9,11,25H2,1H3/t13-,18+,20-/m1/s1. The smallest absolute Gasteiger partial charge is 0.259 e. The summed E-state index contributed by atoms with van der Waals surface area (Å²) in [6.45, 7) is 3.03. The quantitative estimate of drug-likeness (QED) is 0.691. The Balaban J connectivity index is 1.29. The third kappa shape index (κ3) is 3.55. The number of aromatic nitrogens is 2. The minimum absolute atomic E-state index is 0.00330. The first-order valence-corrected chi connectivity index (χ1v) is 12.1. The second kappa shape index (κ2) is 7.54. The Morgan fingerprint density at radius 3 is 2.56 bits per heavy atom. The third-order valence-corrected chi connectivity index (χ3v) is 9.28. The Morgan fingerprint density at radius 1 is 1.16 bits per heavy atom. The highest BCUT2D eigenvalue weighted by atomic mass is 32.2. The van der Waals surface area contributed by atoms with Crippen LogP contribution in [0, 0.1) is 17.5 Å². The highest BCUT2D eigenvalue weighted by Crippen LogP contribution is 2.44. The first-order chi connectivity index (χ1) is 15.1. The maximum atomic E-state index is 14.3. The molecule has 2 aromatic rings. The van der Waals surface area contributed by atoms with Crippen LogP contribution in [0.4, 0.5) is 13.2 Å². The lowest BCUT2D eigenvalue weighted by Gasteiger charge is -2.28. The summed E-state index contributed by atoms with van der Waals surface area (Å²) >= 11 is 0. The van der Waals surface area contributed by atoms with Gasteiger partial charge in [0.05, 0.1) is 10.4 Å². The summed E-state index contributed by atoms with van der Waals surface area (Å²) < 4.78 is 72.8. The van der Waals surface area contributed by atoms with Gasteiger partial charge in [0.15, 0.2) is 11.6 Å². The number of rotatable bonds is 4. The number of nitrogens with two attached hydrogens (primary N) is 1. The zero-order valence-corrected chi connectivity index (χ0v) is 18.4. The van der Waals surface area contributed by atoms with Crippen LogP contribution < -0.4 is 5.73 Å². The molecule has 3 aliphatic rings. The molecule has 1 aromatic heterocycles. The zero-order chi connectivity index (χ0) is 22.8. The van der Waals surface area contributed by atoms with E-state index in [1.54, 1.807) is 13.1 Å². The molecule has 0 amide bonds. The molecule has 7 nitrogen and oxygen atoms in total. The number of hydrogen-bond donors (Lipinski definition) is 1. The molecular weight excluding hydrogens is 445 g/mol. The summed E-state index contributed by atoms with van der Waals surface area (Å²) in [5.74, 6) is -3.28. The number of benzene rings is 1. The molecule has 0 unspecified atom stereocenters. The van der Waals surface area contributed by atoms with Crippen molar-refractivity contribution in [2.24, 2.45) is 5.73 Å². The Morgan fingerprint density at radius 2 is 1.88 bits per heavy atom. The van der Waals surface area contributed by atoms with E-state index in [-0.39, 0.29) is 18.2 Å². The molecule has 1 aliphatic carbocycles. The molecule has 0 spiro atoms. The van der Waals surface area contributed by atoms with Gasteiger partial charge in [-0.25, -0.2) is 21.6 Å². The van der Waals surface area contributed by atoms with Crippen molar-refractivity contribution in [1.82, 2.24) is 14.1 Å². The van der Waals surface area contributed by atoms with Crippen molar-refractivity contribution in [2.75, 3.05) is 6.61 Å². The second-order valence-electron chi connectivity index (χ2n) is 9.25. The highest BCUT2D eigenvalue weighted by molar-refractivity contribution is 7.91. The van der Waals surface area contributed by atoms with Gasteiger partial charge in [-0.05, 0) is 38.7 Å². The van der Waals surface area contributed by atoms with E-state index < -0.39 is 44.4 Å². The van der Waals surface area contributed by atoms with E-state index in [9.17, 15) is 21.6 Å². The van der Waals surface area contributed by atoms with Crippen LogP contribution in [-0.4, -0.2) is 45.9 Å². The summed E-state index contributed by atoms with van der Waals surface area (Å²) in [5, 5.41) is 4.35. The Kier molecular flexibility index (Phi) is 5.16. The van der Waals surface area contributed by atoms with Gasteiger partial charge in [-0.2, -0.15) is 9.19 Å². The van der Waals surface area contributed by atoms with E-state index in [0.29, 0.717) is 44.8 Å². The van der Waals surface area contributed by atoms with Gasteiger partial charge < -0.3 is 10.5 Å². The number of halogens is 3. The predicted molar refractivity (Wildman–Crippen MR) is 109 cm³/mol. The van der Waals surface area contributed by atoms with Crippen molar-refractivity contribution >= 4 is 10.0 Å². The average Bonchev–Trinajstić information content (AvgIpc) is 3.25. The fourth-order valence-electron chi connectivity index (χ4n) is 4.61. The molecule has 1 aromatic carbocycles. The van der Waals surface area contributed by atoms with Gasteiger partial charge in [-0.15, -0.1) is 0 Å². The molecule has 3 heterocycles. The fraction of sp³-hybridized carbons (Fsp3) is 0.571. The van der Waals surface area contributed by atoms with E-state index in [4.69, 9.17) is 10.5 Å². The zero-order valence-electron chi connectivity index (χ0n) is 17.6. The van der Waals surface area contributed by atoms with Crippen LogP contribution in [0.3, 0.4) is 0 Å². The monoisotopic (exact) mass is 470 g/mol. The number of hydrogen-bond acceptors (Lipinski definition) is 6. The lowest BCUT2D eigenvalue weighted by Crippen LogP contribution is -2.38. The molecule has 32 heavy (non-hydrogen) atoms. The highest BCUT2D eigenvalue weighted by Gasteiger charge is 2.52. The largest absolute Gasteiger partial charge is 0.372 e. The maximum Gasteiger partial charge on any atom is 0.259 e. The second-order valence-corrected chi connectivity index (χ2v) is 11.6. The van der Waals surface area contributed by atoms with Gasteiger partial charge in [0, 0.05) is 55.2 Å². The van der Waals surface area contributed by atoms with Gasteiger partial charge in [0.1, 0.15) is 11.9 Å². The van der Waals surface area contributed by atoms with Crippen molar-refractivity contribution < 1.29 is 26.3 Å². The summed E-state index contributed by atoms with van der Waals surface area (Å²) in [7, 11) is -3.49. The first-order valence-electron chi connectivity index (χ1n) is 10.7. The van der Waals surface area contributed by atoms with E-state index >= 15 is 0 Å².